The summed E-state index contributed by atoms with van der Waals surface area (Å²) in [4.78, 5) is 2.49. The Hall–Kier alpha value is -1.85. The van der Waals surface area contributed by atoms with Crippen LogP contribution >= 0.6 is 12.2 Å². The average molecular weight is 358 g/mol. The molecule has 2 aromatic rings. The summed E-state index contributed by atoms with van der Waals surface area (Å²) in [6.45, 7) is 7.16. The highest BCUT2D eigenvalue weighted by Gasteiger charge is 2.24. The second-order valence-corrected chi connectivity index (χ2v) is 7.25. The van der Waals surface area contributed by atoms with Crippen LogP contribution < -0.4 is 10.6 Å². The molecule has 1 atom stereocenters. The van der Waals surface area contributed by atoms with E-state index in [0.29, 0.717) is 5.11 Å². The summed E-state index contributed by atoms with van der Waals surface area (Å²) in [5.74, 6) is 1.00. The fourth-order valence-electron chi connectivity index (χ4n) is 3.53. The zero-order valence-electron chi connectivity index (χ0n) is 15.0. The lowest BCUT2D eigenvalue weighted by Gasteiger charge is -2.33. The van der Waals surface area contributed by atoms with E-state index < -0.39 is 0 Å². The number of hydrogen-bond donors (Lipinski definition) is 2. The molecule has 1 saturated heterocycles. The first kappa shape index (κ1) is 18.0. The van der Waals surface area contributed by atoms with Crippen LogP contribution in [0.15, 0.2) is 41.0 Å². The van der Waals surface area contributed by atoms with Crippen molar-refractivity contribution in [2.24, 2.45) is 0 Å². The number of thiocarbonyl (C=S) groups is 1. The van der Waals surface area contributed by atoms with Gasteiger partial charge in [-0.2, -0.15) is 0 Å². The minimum absolute atomic E-state index is 0.217. The third-order valence-corrected chi connectivity index (χ3v) is 4.88. The Kier molecular flexibility index (Phi) is 6.10. The Morgan fingerprint density at radius 1 is 1.16 bits per heavy atom. The van der Waals surface area contributed by atoms with Gasteiger partial charge in [-0.3, -0.25) is 4.90 Å². The first-order chi connectivity index (χ1) is 12.1. The van der Waals surface area contributed by atoms with Crippen molar-refractivity contribution in [1.82, 2.24) is 10.2 Å². The molecular formula is C20H27N3OS. The first-order valence-corrected chi connectivity index (χ1v) is 9.43. The minimum atomic E-state index is 0.217. The van der Waals surface area contributed by atoms with E-state index in [1.54, 1.807) is 6.26 Å². The van der Waals surface area contributed by atoms with Crippen molar-refractivity contribution < 1.29 is 4.42 Å². The normalized spacial score (nSPS) is 16.4. The van der Waals surface area contributed by atoms with Gasteiger partial charge in [0, 0.05) is 12.2 Å². The van der Waals surface area contributed by atoms with Crippen LogP contribution in [0.25, 0.3) is 0 Å². The molecule has 0 amide bonds. The SMILES string of the molecule is Cc1cc(C)cc(NC(=S)NCC(c2ccco2)N2CCCCC2)c1. The number of benzene rings is 1. The van der Waals surface area contributed by atoms with Gasteiger partial charge < -0.3 is 15.1 Å². The largest absolute Gasteiger partial charge is 0.468 e. The molecule has 1 fully saturated rings. The molecule has 2 heterocycles. The quantitative estimate of drug-likeness (QED) is 0.776. The summed E-state index contributed by atoms with van der Waals surface area (Å²) < 4.78 is 5.69. The van der Waals surface area contributed by atoms with Crippen molar-refractivity contribution >= 4 is 23.0 Å². The molecule has 2 N–H and O–H groups in total. The van der Waals surface area contributed by atoms with Gasteiger partial charge in [-0.05, 0) is 87.4 Å². The van der Waals surface area contributed by atoms with Gasteiger partial charge in [0.15, 0.2) is 5.11 Å². The number of aryl methyl sites for hydroxylation is 2. The van der Waals surface area contributed by atoms with Crippen molar-refractivity contribution in [1.29, 1.82) is 0 Å². The van der Waals surface area contributed by atoms with E-state index in [4.69, 9.17) is 16.6 Å². The van der Waals surface area contributed by atoms with Crippen LogP contribution in [0.4, 0.5) is 5.69 Å². The summed E-state index contributed by atoms with van der Waals surface area (Å²) in [6, 6.07) is 10.6. The average Bonchev–Trinajstić information content (AvgIpc) is 3.09. The van der Waals surface area contributed by atoms with Crippen molar-refractivity contribution in [3.8, 4) is 0 Å². The molecule has 134 valence electrons. The third kappa shape index (κ3) is 5.06. The van der Waals surface area contributed by atoms with Crippen LogP contribution in [0.1, 0.15) is 42.2 Å². The van der Waals surface area contributed by atoms with E-state index in [-0.39, 0.29) is 6.04 Å². The summed E-state index contributed by atoms with van der Waals surface area (Å²) in [5.41, 5.74) is 3.49. The molecule has 0 radical (unpaired) electrons. The molecule has 1 unspecified atom stereocenters. The maximum atomic E-state index is 5.69. The summed E-state index contributed by atoms with van der Waals surface area (Å²) >= 11 is 5.50. The Bertz CT molecular complexity index is 673. The molecular weight excluding hydrogens is 330 g/mol. The minimum Gasteiger partial charge on any atom is -0.468 e. The molecule has 25 heavy (non-hydrogen) atoms. The van der Waals surface area contributed by atoms with E-state index in [9.17, 15) is 0 Å². The van der Waals surface area contributed by atoms with E-state index >= 15 is 0 Å². The molecule has 1 aliphatic rings. The number of likely N-dealkylation sites (tertiary alicyclic amines) is 1. The van der Waals surface area contributed by atoms with Crippen LogP contribution in [0.2, 0.25) is 0 Å². The van der Waals surface area contributed by atoms with Gasteiger partial charge in [0.25, 0.3) is 0 Å². The van der Waals surface area contributed by atoms with Crippen LogP contribution in [0, 0.1) is 13.8 Å². The van der Waals surface area contributed by atoms with Gasteiger partial charge in [-0.25, -0.2) is 0 Å². The lowest BCUT2D eigenvalue weighted by Crippen LogP contribution is -2.41. The summed E-state index contributed by atoms with van der Waals surface area (Å²) in [7, 11) is 0. The number of hydrogen-bond acceptors (Lipinski definition) is 3. The lowest BCUT2D eigenvalue weighted by molar-refractivity contribution is 0.146. The van der Waals surface area contributed by atoms with E-state index in [2.05, 4.69) is 53.6 Å². The molecule has 1 aromatic heterocycles. The summed E-state index contributed by atoms with van der Waals surface area (Å²) in [6.07, 6.45) is 5.57. The molecule has 3 rings (SSSR count). The van der Waals surface area contributed by atoms with Crippen molar-refractivity contribution in [2.75, 3.05) is 25.0 Å². The highest BCUT2D eigenvalue weighted by atomic mass is 32.1. The number of nitrogens with one attached hydrogen (secondary N) is 2. The number of nitrogens with zero attached hydrogens (tertiary/aromatic N) is 1. The Balaban J connectivity index is 1.61. The zero-order valence-corrected chi connectivity index (χ0v) is 15.9. The van der Waals surface area contributed by atoms with E-state index in [0.717, 1.165) is 31.1 Å². The number of piperidine rings is 1. The Labute approximate surface area is 155 Å². The standard InChI is InChI=1S/C20H27N3OS/c1-15-11-16(2)13-17(12-15)22-20(25)21-14-18(19-7-6-10-24-19)23-8-4-3-5-9-23/h6-7,10-13,18H,3-5,8-9,14H2,1-2H3,(H2,21,22,25). The molecule has 0 saturated carbocycles. The fraction of sp³-hybridized carbons (Fsp3) is 0.450. The molecule has 0 aliphatic carbocycles. The topological polar surface area (TPSA) is 40.4 Å². The van der Waals surface area contributed by atoms with Gasteiger partial charge in [0.1, 0.15) is 5.76 Å². The predicted octanol–water partition coefficient (Wildman–Crippen LogP) is 4.41. The van der Waals surface area contributed by atoms with Gasteiger partial charge in [-0.1, -0.05) is 12.5 Å². The highest BCUT2D eigenvalue weighted by molar-refractivity contribution is 7.80. The zero-order chi connectivity index (χ0) is 17.6. The Morgan fingerprint density at radius 3 is 2.52 bits per heavy atom. The molecule has 5 heteroatoms. The molecule has 0 spiro atoms. The maximum absolute atomic E-state index is 5.69. The van der Waals surface area contributed by atoms with Gasteiger partial charge in [-0.15, -0.1) is 0 Å². The molecule has 4 nitrogen and oxygen atoms in total. The van der Waals surface area contributed by atoms with Crippen LogP contribution in [0.5, 0.6) is 0 Å². The van der Waals surface area contributed by atoms with Gasteiger partial charge >= 0.3 is 0 Å². The second-order valence-electron chi connectivity index (χ2n) is 6.84. The predicted molar refractivity (Wildman–Crippen MR) is 107 cm³/mol. The second kappa shape index (κ2) is 8.50. The number of rotatable bonds is 5. The first-order valence-electron chi connectivity index (χ1n) is 9.02. The van der Waals surface area contributed by atoms with Crippen molar-refractivity contribution in [3.63, 3.8) is 0 Å². The van der Waals surface area contributed by atoms with Crippen LogP contribution in [-0.4, -0.2) is 29.6 Å². The fourth-order valence-corrected chi connectivity index (χ4v) is 3.73. The van der Waals surface area contributed by atoms with Gasteiger partial charge in [0.05, 0.1) is 12.3 Å². The van der Waals surface area contributed by atoms with Gasteiger partial charge in [0.2, 0.25) is 0 Å². The third-order valence-electron chi connectivity index (χ3n) is 4.64. The molecule has 1 aliphatic heterocycles. The maximum Gasteiger partial charge on any atom is 0.170 e. The van der Waals surface area contributed by atoms with Crippen LogP contribution in [0.3, 0.4) is 0 Å². The van der Waals surface area contributed by atoms with E-state index in [1.165, 1.54) is 30.4 Å². The van der Waals surface area contributed by atoms with Crippen molar-refractivity contribution in [2.45, 2.75) is 39.2 Å². The molecule has 1 aromatic carbocycles. The lowest BCUT2D eigenvalue weighted by atomic mass is 10.1. The Morgan fingerprint density at radius 2 is 1.88 bits per heavy atom. The van der Waals surface area contributed by atoms with Crippen molar-refractivity contribution in [3.05, 3.63) is 53.5 Å². The smallest absolute Gasteiger partial charge is 0.170 e. The molecule has 0 bridgehead atoms. The van der Waals surface area contributed by atoms with E-state index in [1.807, 2.05) is 6.07 Å². The van der Waals surface area contributed by atoms with Crippen LogP contribution in [-0.2, 0) is 0 Å². The number of anilines is 1. The highest BCUT2D eigenvalue weighted by Crippen LogP contribution is 2.24. The number of furan rings is 1. The monoisotopic (exact) mass is 357 g/mol. The summed E-state index contributed by atoms with van der Waals surface area (Å²) in [5, 5.41) is 7.32.